The third kappa shape index (κ3) is 6.12. The Hall–Kier alpha value is -4.73. The van der Waals surface area contributed by atoms with Gasteiger partial charge in [-0.25, -0.2) is 4.99 Å². The number of carbonyl (C=O) groups is 3. The molecule has 0 radical (unpaired) electrons. The van der Waals surface area contributed by atoms with E-state index in [4.69, 9.17) is 9.41 Å². The molecular weight excluding hydrogens is 532 g/mol. The van der Waals surface area contributed by atoms with Crippen molar-refractivity contribution in [3.63, 3.8) is 0 Å². The number of likely N-dealkylation sites (tertiary alicyclic amines) is 2. The molecule has 0 unspecified atom stereocenters. The van der Waals surface area contributed by atoms with Gasteiger partial charge >= 0.3 is 0 Å². The first-order valence-electron chi connectivity index (χ1n) is 14.5. The van der Waals surface area contributed by atoms with Crippen LogP contribution in [-0.2, 0) is 9.59 Å². The van der Waals surface area contributed by atoms with Crippen LogP contribution in [0.25, 0.3) is 21.9 Å². The van der Waals surface area contributed by atoms with Crippen LogP contribution >= 0.6 is 0 Å². The van der Waals surface area contributed by atoms with Crippen LogP contribution in [0.3, 0.4) is 0 Å². The lowest BCUT2D eigenvalue weighted by atomic mass is 10.1. The molecule has 0 bridgehead atoms. The smallest absolute Gasteiger partial charge is 0.257 e. The van der Waals surface area contributed by atoms with E-state index in [1.54, 1.807) is 29.3 Å². The van der Waals surface area contributed by atoms with Crippen LogP contribution in [-0.4, -0.2) is 70.7 Å². The number of benzene rings is 2. The van der Waals surface area contributed by atoms with E-state index in [0.717, 1.165) is 66.4 Å². The first-order chi connectivity index (χ1) is 20.4. The fourth-order valence-corrected chi connectivity index (χ4v) is 5.63. The van der Waals surface area contributed by atoms with Gasteiger partial charge in [-0.05, 0) is 87.6 Å². The van der Waals surface area contributed by atoms with Crippen LogP contribution in [0.5, 0.6) is 0 Å². The molecule has 10 heteroatoms. The summed E-state index contributed by atoms with van der Waals surface area (Å²) in [5.74, 6) is 0.368. The van der Waals surface area contributed by atoms with Gasteiger partial charge in [0, 0.05) is 47.9 Å². The van der Waals surface area contributed by atoms with Gasteiger partial charge in [-0.2, -0.15) is 0 Å². The third-order valence-electron chi connectivity index (χ3n) is 7.82. The van der Waals surface area contributed by atoms with E-state index in [9.17, 15) is 14.4 Å². The number of rotatable bonds is 5. The van der Waals surface area contributed by atoms with Crippen LogP contribution < -0.4 is 10.6 Å². The van der Waals surface area contributed by atoms with E-state index in [-0.39, 0.29) is 30.2 Å². The molecule has 2 N–H and O–H groups in total. The minimum atomic E-state index is -0.734. The number of carbonyl (C=O) groups excluding carboxylic acids is 3. The number of furan rings is 1. The zero-order valence-electron chi connectivity index (χ0n) is 23.6. The van der Waals surface area contributed by atoms with Crippen LogP contribution in [0, 0.1) is 6.92 Å². The van der Waals surface area contributed by atoms with E-state index in [0.29, 0.717) is 24.2 Å². The van der Waals surface area contributed by atoms with Gasteiger partial charge in [0.05, 0.1) is 12.1 Å². The molecule has 10 nitrogen and oxygen atoms in total. The van der Waals surface area contributed by atoms with Crippen molar-refractivity contribution < 1.29 is 18.8 Å². The summed E-state index contributed by atoms with van der Waals surface area (Å²) in [7, 11) is 0. The number of guanidine groups is 1. The highest BCUT2D eigenvalue weighted by atomic mass is 16.3. The molecule has 0 aliphatic carbocycles. The second-order valence-corrected chi connectivity index (χ2v) is 10.9. The van der Waals surface area contributed by atoms with E-state index < -0.39 is 6.04 Å². The van der Waals surface area contributed by atoms with E-state index in [1.165, 1.54) is 0 Å². The molecule has 4 aromatic rings. The first-order valence-corrected chi connectivity index (χ1v) is 14.5. The van der Waals surface area contributed by atoms with E-state index in [2.05, 4.69) is 15.6 Å². The number of aryl methyl sites for hydroxylation is 1. The van der Waals surface area contributed by atoms with Crippen LogP contribution in [0.2, 0.25) is 0 Å². The summed E-state index contributed by atoms with van der Waals surface area (Å²) in [6.07, 6.45) is 5.81. The Bertz CT molecular complexity index is 1670. The maximum atomic E-state index is 13.7. The largest absolute Gasteiger partial charge is 0.461 e. The standard InChI is InChI=1S/C32H34N6O4/c1-21-17-24-19-25(10-12-28(24)42-21)34-32(36-30(40)23-9-11-26-22(18-23)7-6-13-33-26)35-27-8-2-3-16-38(31(27)41)20-29(39)37-14-4-5-15-37/h6-7,9-13,17-19,27H,2-5,8,14-16,20H2,1H3,(H2,34,35,36,40)/t27-/m0/s1. The van der Waals surface area contributed by atoms with E-state index in [1.807, 2.05) is 48.2 Å². The Balaban J connectivity index is 1.27. The fourth-order valence-electron chi connectivity index (χ4n) is 5.63. The van der Waals surface area contributed by atoms with Gasteiger partial charge in [0.2, 0.25) is 17.8 Å². The average molecular weight is 567 g/mol. The van der Waals surface area contributed by atoms with Crippen molar-refractivity contribution in [1.82, 2.24) is 20.1 Å². The topological polar surface area (TPSA) is 120 Å². The molecule has 3 amide bonds. The predicted octanol–water partition coefficient (Wildman–Crippen LogP) is 4.49. The number of pyridine rings is 1. The average Bonchev–Trinajstić information content (AvgIpc) is 3.63. The zero-order valence-corrected chi connectivity index (χ0v) is 23.6. The molecule has 2 saturated heterocycles. The highest BCUT2D eigenvalue weighted by Gasteiger charge is 2.30. The van der Waals surface area contributed by atoms with Crippen molar-refractivity contribution in [1.29, 1.82) is 0 Å². The van der Waals surface area contributed by atoms with Gasteiger partial charge in [0.25, 0.3) is 5.91 Å². The van der Waals surface area contributed by atoms with Gasteiger partial charge in [-0.3, -0.25) is 24.7 Å². The fraction of sp³-hybridized carbons (Fsp3) is 0.344. The zero-order chi connectivity index (χ0) is 29.1. The van der Waals surface area contributed by atoms with Gasteiger partial charge in [0.15, 0.2) is 0 Å². The Morgan fingerprint density at radius 2 is 1.83 bits per heavy atom. The number of aromatic nitrogens is 1. The summed E-state index contributed by atoms with van der Waals surface area (Å²) in [6, 6.07) is 15.8. The molecule has 2 aromatic heterocycles. The number of nitrogens with one attached hydrogen (secondary N) is 2. The minimum absolute atomic E-state index is 0.0216. The Kier molecular flexibility index (Phi) is 7.85. The minimum Gasteiger partial charge on any atom is -0.461 e. The van der Waals surface area contributed by atoms with Crippen molar-refractivity contribution in [2.45, 2.75) is 45.1 Å². The van der Waals surface area contributed by atoms with Crippen molar-refractivity contribution in [3.05, 3.63) is 72.1 Å². The molecule has 0 saturated carbocycles. The van der Waals surface area contributed by atoms with Crippen LogP contribution in [0.4, 0.5) is 5.69 Å². The lowest BCUT2D eigenvalue weighted by molar-refractivity contribution is -0.140. The van der Waals surface area contributed by atoms with E-state index >= 15 is 0 Å². The quantitative estimate of drug-likeness (QED) is 0.271. The number of hydrogen-bond donors (Lipinski definition) is 2. The van der Waals surface area contributed by atoms with Gasteiger partial charge in [-0.1, -0.05) is 6.07 Å². The molecule has 42 heavy (non-hydrogen) atoms. The maximum Gasteiger partial charge on any atom is 0.257 e. The molecule has 6 rings (SSSR count). The third-order valence-corrected chi connectivity index (χ3v) is 7.82. The van der Waals surface area contributed by atoms with Crippen molar-refractivity contribution >= 4 is 51.2 Å². The summed E-state index contributed by atoms with van der Waals surface area (Å²) in [6.45, 7) is 3.95. The molecule has 216 valence electrons. The summed E-state index contributed by atoms with van der Waals surface area (Å²) < 4.78 is 5.70. The Morgan fingerprint density at radius 1 is 1.00 bits per heavy atom. The van der Waals surface area contributed by atoms with Gasteiger partial charge in [-0.15, -0.1) is 0 Å². The van der Waals surface area contributed by atoms with Crippen molar-refractivity contribution in [2.24, 2.45) is 4.99 Å². The first kappa shape index (κ1) is 27.4. The summed E-state index contributed by atoms with van der Waals surface area (Å²) >= 11 is 0. The molecule has 1 atom stereocenters. The summed E-state index contributed by atoms with van der Waals surface area (Å²) in [4.78, 5) is 52.5. The Morgan fingerprint density at radius 3 is 2.69 bits per heavy atom. The number of fused-ring (bicyclic) bond motifs is 2. The van der Waals surface area contributed by atoms with Crippen LogP contribution in [0.1, 0.15) is 48.2 Å². The number of amides is 3. The molecule has 4 heterocycles. The van der Waals surface area contributed by atoms with Crippen molar-refractivity contribution in [2.75, 3.05) is 31.5 Å². The number of anilines is 1. The molecule has 2 aliphatic heterocycles. The van der Waals surface area contributed by atoms with Crippen molar-refractivity contribution in [3.8, 4) is 0 Å². The predicted molar refractivity (Wildman–Crippen MR) is 161 cm³/mol. The number of aliphatic imine (C=N–C) groups is 1. The molecule has 2 fully saturated rings. The Labute approximate surface area is 243 Å². The highest BCUT2D eigenvalue weighted by molar-refractivity contribution is 6.11. The lowest BCUT2D eigenvalue weighted by Gasteiger charge is -2.25. The maximum absolute atomic E-state index is 13.7. The van der Waals surface area contributed by atoms with Crippen LogP contribution in [0.15, 0.2) is 70.2 Å². The number of hydrogen-bond acceptors (Lipinski definition) is 6. The second kappa shape index (κ2) is 12.0. The molecular formula is C32H34N6O4. The summed E-state index contributed by atoms with van der Waals surface area (Å²) in [5.41, 5.74) is 2.67. The number of nitrogens with zero attached hydrogens (tertiary/aromatic N) is 4. The molecule has 2 aliphatic rings. The molecule has 2 aromatic carbocycles. The normalized spacial score (nSPS) is 18.0. The molecule has 0 spiro atoms. The van der Waals surface area contributed by atoms with Gasteiger partial charge < -0.3 is 19.5 Å². The monoisotopic (exact) mass is 566 g/mol. The lowest BCUT2D eigenvalue weighted by Crippen LogP contribution is -2.45. The summed E-state index contributed by atoms with van der Waals surface area (Å²) in [5, 5.41) is 7.87. The highest BCUT2D eigenvalue weighted by Crippen LogP contribution is 2.23. The second-order valence-electron chi connectivity index (χ2n) is 10.9. The SMILES string of the molecule is Cc1cc2cc(NC(=N[C@H]3CCCCN(CC(=O)N4CCCC4)C3=O)NC(=O)c3ccc4ncccc4c3)ccc2o1. The van der Waals surface area contributed by atoms with Gasteiger partial charge in [0.1, 0.15) is 17.4 Å².